The van der Waals surface area contributed by atoms with E-state index >= 15 is 0 Å². The third kappa shape index (κ3) is 1.69. The molecule has 1 amide bonds. The number of hydrogen-bond donors (Lipinski definition) is 0. The number of Topliss-reactive ketones (excluding diaryl/α,β-unsaturated/α-hetero) is 1. The van der Waals surface area contributed by atoms with Gasteiger partial charge in [-0.05, 0) is 18.6 Å². The number of likely N-dealkylation sites (tertiary alicyclic amines) is 1. The molecule has 1 saturated heterocycles. The van der Waals surface area contributed by atoms with Gasteiger partial charge in [0.05, 0.1) is 12.8 Å². The standard InChI is InChI=1S/C10H11NO3/c12-9-4-1-5-11(10(9)13)7-8-3-2-6-14-8/h2-3,6H,1,4-5,7H2. The van der Waals surface area contributed by atoms with Gasteiger partial charge in [0.15, 0.2) is 0 Å². The molecule has 2 heterocycles. The first-order valence-electron chi connectivity index (χ1n) is 4.62. The third-order valence-electron chi connectivity index (χ3n) is 2.28. The SMILES string of the molecule is O=C1CCCN(Cc2ccco2)C1=O. The van der Waals surface area contributed by atoms with Crippen LogP contribution in [0.3, 0.4) is 0 Å². The van der Waals surface area contributed by atoms with E-state index in [1.165, 1.54) is 4.90 Å². The van der Waals surface area contributed by atoms with Crippen molar-refractivity contribution in [3.8, 4) is 0 Å². The van der Waals surface area contributed by atoms with E-state index in [9.17, 15) is 9.59 Å². The van der Waals surface area contributed by atoms with Crippen LogP contribution < -0.4 is 0 Å². The van der Waals surface area contributed by atoms with Gasteiger partial charge in [-0.15, -0.1) is 0 Å². The highest BCUT2D eigenvalue weighted by Gasteiger charge is 2.26. The number of furan rings is 1. The highest BCUT2D eigenvalue weighted by Crippen LogP contribution is 2.12. The Kier molecular flexibility index (Phi) is 2.35. The van der Waals surface area contributed by atoms with E-state index < -0.39 is 0 Å². The lowest BCUT2D eigenvalue weighted by atomic mass is 10.1. The highest BCUT2D eigenvalue weighted by molar-refractivity contribution is 6.36. The Labute approximate surface area is 81.5 Å². The average Bonchev–Trinajstić information content (AvgIpc) is 2.66. The molecule has 0 bridgehead atoms. The Balaban J connectivity index is 2.04. The molecule has 1 aromatic heterocycles. The molecule has 1 aliphatic rings. The fourth-order valence-corrected chi connectivity index (χ4v) is 1.56. The molecule has 0 aromatic carbocycles. The molecule has 0 aliphatic carbocycles. The second-order valence-corrected chi connectivity index (χ2v) is 3.33. The van der Waals surface area contributed by atoms with Crippen molar-refractivity contribution >= 4 is 11.7 Å². The number of ketones is 1. The zero-order valence-electron chi connectivity index (χ0n) is 7.73. The van der Waals surface area contributed by atoms with E-state index in [4.69, 9.17) is 4.42 Å². The first-order chi connectivity index (χ1) is 6.77. The lowest BCUT2D eigenvalue weighted by Crippen LogP contribution is -2.40. The molecule has 1 aliphatic heterocycles. The van der Waals surface area contributed by atoms with Crippen molar-refractivity contribution in [2.45, 2.75) is 19.4 Å². The number of carbonyl (C=O) groups is 2. The summed E-state index contributed by atoms with van der Waals surface area (Å²) in [5, 5.41) is 0. The predicted molar refractivity (Wildman–Crippen MR) is 48.4 cm³/mol. The van der Waals surface area contributed by atoms with Crippen LogP contribution in [0.2, 0.25) is 0 Å². The monoisotopic (exact) mass is 193 g/mol. The normalized spacial score (nSPS) is 17.6. The Morgan fingerprint density at radius 2 is 2.29 bits per heavy atom. The van der Waals surface area contributed by atoms with Crippen molar-refractivity contribution in [2.24, 2.45) is 0 Å². The van der Waals surface area contributed by atoms with Gasteiger partial charge in [-0.25, -0.2) is 0 Å². The Morgan fingerprint density at radius 1 is 1.43 bits per heavy atom. The lowest BCUT2D eigenvalue weighted by molar-refractivity contribution is -0.147. The van der Waals surface area contributed by atoms with Crippen molar-refractivity contribution < 1.29 is 14.0 Å². The molecule has 2 rings (SSSR count). The molecule has 0 saturated carbocycles. The number of piperidine rings is 1. The summed E-state index contributed by atoms with van der Waals surface area (Å²) in [5.74, 6) is 0.0449. The minimum absolute atomic E-state index is 0.289. The summed E-state index contributed by atoms with van der Waals surface area (Å²) in [5.41, 5.74) is 0. The topological polar surface area (TPSA) is 50.5 Å². The molecular formula is C10H11NO3. The van der Waals surface area contributed by atoms with Crippen molar-refractivity contribution in [1.29, 1.82) is 0 Å². The smallest absolute Gasteiger partial charge is 0.290 e. The van der Waals surface area contributed by atoms with Crippen LogP contribution >= 0.6 is 0 Å². The van der Waals surface area contributed by atoms with E-state index in [2.05, 4.69) is 0 Å². The summed E-state index contributed by atoms with van der Waals surface area (Å²) in [6.45, 7) is 1.04. The molecule has 4 heteroatoms. The molecule has 14 heavy (non-hydrogen) atoms. The first kappa shape index (κ1) is 8.99. The summed E-state index contributed by atoms with van der Waals surface area (Å²) in [6.07, 6.45) is 2.70. The van der Waals surface area contributed by atoms with Gasteiger partial charge in [-0.3, -0.25) is 9.59 Å². The van der Waals surface area contributed by atoms with Crippen LogP contribution in [0.5, 0.6) is 0 Å². The lowest BCUT2D eigenvalue weighted by Gasteiger charge is -2.24. The quantitative estimate of drug-likeness (QED) is 0.657. The molecule has 1 aromatic rings. The maximum absolute atomic E-state index is 11.4. The first-order valence-corrected chi connectivity index (χ1v) is 4.62. The number of rotatable bonds is 2. The van der Waals surface area contributed by atoms with Gasteiger partial charge in [0.2, 0.25) is 5.78 Å². The highest BCUT2D eigenvalue weighted by atomic mass is 16.3. The Morgan fingerprint density at radius 3 is 3.00 bits per heavy atom. The van der Waals surface area contributed by atoms with E-state index in [1.807, 2.05) is 0 Å². The second-order valence-electron chi connectivity index (χ2n) is 3.33. The third-order valence-corrected chi connectivity index (χ3v) is 2.28. The summed E-state index contributed by atoms with van der Waals surface area (Å²) in [6, 6.07) is 3.57. The fraction of sp³-hybridized carbons (Fsp3) is 0.400. The second kappa shape index (κ2) is 3.65. The van der Waals surface area contributed by atoms with Crippen molar-refractivity contribution in [3.05, 3.63) is 24.2 Å². The number of carbonyl (C=O) groups excluding carboxylic acids is 2. The van der Waals surface area contributed by atoms with Crippen LogP contribution in [0, 0.1) is 0 Å². The average molecular weight is 193 g/mol. The van der Waals surface area contributed by atoms with Crippen LogP contribution in [-0.4, -0.2) is 23.1 Å². The maximum atomic E-state index is 11.4. The van der Waals surface area contributed by atoms with Crippen LogP contribution in [-0.2, 0) is 16.1 Å². The number of nitrogens with zero attached hydrogens (tertiary/aromatic N) is 1. The molecule has 0 radical (unpaired) electrons. The van der Waals surface area contributed by atoms with Crippen molar-refractivity contribution in [1.82, 2.24) is 4.90 Å². The molecule has 0 unspecified atom stereocenters. The molecule has 0 atom stereocenters. The molecule has 0 N–H and O–H groups in total. The van der Waals surface area contributed by atoms with Gasteiger partial charge in [0.1, 0.15) is 5.76 Å². The van der Waals surface area contributed by atoms with Crippen molar-refractivity contribution in [3.63, 3.8) is 0 Å². The largest absolute Gasteiger partial charge is 0.467 e. The number of hydrogen-bond acceptors (Lipinski definition) is 3. The molecule has 74 valence electrons. The van der Waals surface area contributed by atoms with E-state index in [0.717, 1.165) is 6.42 Å². The predicted octanol–water partition coefficient (Wildman–Crippen LogP) is 0.971. The minimum atomic E-state index is -0.382. The van der Waals surface area contributed by atoms with Crippen LogP contribution in [0.4, 0.5) is 0 Å². The minimum Gasteiger partial charge on any atom is -0.467 e. The zero-order valence-corrected chi connectivity index (χ0v) is 7.73. The number of amides is 1. The van der Waals surface area contributed by atoms with Crippen molar-refractivity contribution in [2.75, 3.05) is 6.54 Å². The summed E-state index contributed by atoms with van der Waals surface area (Å²) < 4.78 is 5.11. The maximum Gasteiger partial charge on any atom is 0.290 e. The Bertz CT molecular complexity index is 342. The van der Waals surface area contributed by atoms with Gasteiger partial charge in [0.25, 0.3) is 5.91 Å². The van der Waals surface area contributed by atoms with Gasteiger partial charge in [0, 0.05) is 13.0 Å². The summed E-state index contributed by atoms with van der Waals surface area (Å²) >= 11 is 0. The van der Waals surface area contributed by atoms with E-state index in [1.54, 1.807) is 18.4 Å². The fourth-order valence-electron chi connectivity index (χ4n) is 1.56. The van der Waals surface area contributed by atoms with Crippen LogP contribution in [0.25, 0.3) is 0 Å². The summed E-state index contributed by atoms with van der Waals surface area (Å²) in [4.78, 5) is 24.0. The molecular weight excluding hydrogens is 182 g/mol. The van der Waals surface area contributed by atoms with Gasteiger partial charge in [-0.2, -0.15) is 0 Å². The van der Waals surface area contributed by atoms with Gasteiger partial charge in [-0.1, -0.05) is 0 Å². The van der Waals surface area contributed by atoms with Crippen LogP contribution in [0.1, 0.15) is 18.6 Å². The molecule has 1 fully saturated rings. The molecule has 0 spiro atoms. The van der Waals surface area contributed by atoms with Gasteiger partial charge >= 0.3 is 0 Å². The van der Waals surface area contributed by atoms with Crippen LogP contribution in [0.15, 0.2) is 22.8 Å². The summed E-state index contributed by atoms with van der Waals surface area (Å²) in [7, 11) is 0. The van der Waals surface area contributed by atoms with E-state index in [-0.39, 0.29) is 11.7 Å². The zero-order chi connectivity index (χ0) is 9.97. The Hall–Kier alpha value is -1.58. The van der Waals surface area contributed by atoms with E-state index in [0.29, 0.717) is 25.3 Å². The molecule has 4 nitrogen and oxygen atoms in total. The van der Waals surface area contributed by atoms with Gasteiger partial charge < -0.3 is 9.32 Å².